The first-order valence-electron chi connectivity index (χ1n) is 11.7. The van der Waals surface area contributed by atoms with Gasteiger partial charge in [0.2, 0.25) is 0 Å². The van der Waals surface area contributed by atoms with Gasteiger partial charge in [-0.15, -0.1) is 0 Å². The Morgan fingerprint density at radius 2 is 1.51 bits per heavy atom. The fourth-order valence-corrected chi connectivity index (χ4v) is 2.83. The average Bonchev–Trinajstić information content (AvgIpc) is 2.80. The number of halogens is 7. The predicted molar refractivity (Wildman–Crippen MR) is 123 cm³/mol. The lowest BCUT2D eigenvalue weighted by molar-refractivity contribution is -0.423. The van der Waals surface area contributed by atoms with E-state index >= 15 is 0 Å². The molecule has 15 heteroatoms. The third kappa shape index (κ3) is 11.1. The molecule has 0 heterocycles. The second kappa shape index (κ2) is 14.0. The van der Waals surface area contributed by atoms with Crippen molar-refractivity contribution in [3.05, 3.63) is 29.8 Å². The Balaban J connectivity index is 2.79. The van der Waals surface area contributed by atoms with Crippen molar-refractivity contribution in [3.8, 4) is 5.75 Å². The van der Waals surface area contributed by atoms with Crippen LogP contribution in [0.15, 0.2) is 24.3 Å². The number of alkyl halides is 7. The number of ether oxygens (including phenoxy) is 4. The van der Waals surface area contributed by atoms with Gasteiger partial charge in [-0.05, 0) is 30.0 Å². The normalized spacial score (nSPS) is 13.6. The van der Waals surface area contributed by atoms with Gasteiger partial charge < -0.3 is 29.0 Å². The second-order valence-corrected chi connectivity index (χ2v) is 9.52. The Morgan fingerprint density at radius 3 is 2.00 bits per heavy atom. The summed E-state index contributed by atoms with van der Waals surface area (Å²) in [6, 6.07) is 6.17. The number of hydrogen-bond donors (Lipinski definition) is 1. The van der Waals surface area contributed by atoms with E-state index in [1.807, 2.05) is 0 Å². The molecule has 1 atom stereocenters. The number of nitrogens with zero attached hydrogens (tertiary/aromatic N) is 1. The van der Waals surface area contributed by atoms with E-state index in [4.69, 9.17) is 19.3 Å². The first kappa shape index (κ1) is 34.2. The number of carbonyl (C=O) groups is 2. The number of carboxylic acids is 1. The van der Waals surface area contributed by atoms with E-state index in [0.29, 0.717) is 5.56 Å². The van der Waals surface area contributed by atoms with Crippen LogP contribution in [0, 0.1) is 5.41 Å². The highest BCUT2D eigenvalue weighted by Gasteiger charge is 2.74. The number of amides is 1. The molecule has 0 bridgehead atoms. The molecule has 39 heavy (non-hydrogen) atoms. The van der Waals surface area contributed by atoms with Gasteiger partial charge in [-0.1, -0.05) is 32.9 Å². The van der Waals surface area contributed by atoms with Gasteiger partial charge in [0.15, 0.2) is 6.10 Å². The molecule has 224 valence electrons. The standard InChI is InChI=1S/C24H32F7NO7/c1-5-36-18(19(33)34)14-16-6-8-17(9-7-16)37-12-10-32(20(35)38-15-21(2,3)4)11-13-39-24(30,31)22(25,26)23(27,28)29/h6-9,18H,5,10-15H2,1-4H3,(H,33,34). The second-order valence-electron chi connectivity index (χ2n) is 9.52. The summed E-state index contributed by atoms with van der Waals surface area (Å²) >= 11 is 0. The van der Waals surface area contributed by atoms with Crippen LogP contribution in [-0.4, -0.2) is 85.9 Å². The van der Waals surface area contributed by atoms with Crippen molar-refractivity contribution in [3.63, 3.8) is 0 Å². The van der Waals surface area contributed by atoms with Crippen LogP contribution in [0.25, 0.3) is 0 Å². The van der Waals surface area contributed by atoms with Gasteiger partial charge in [-0.25, -0.2) is 9.59 Å². The Morgan fingerprint density at radius 1 is 0.949 bits per heavy atom. The molecule has 1 N–H and O–H groups in total. The third-order valence-electron chi connectivity index (χ3n) is 4.87. The van der Waals surface area contributed by atoms with Gasteiger partial charge in [-0.2, -0.15) is 30.7 Å². The molecule has 0 spiro atoms. The van der Waals surface area contributed by atoms with Crippen molar-refractivity contribution in [2.24, 2.45) is 5.41 Å². The maximum Gasteiger partial charge on any atom is 0.462 e. The third-order valence-corrected chi connectivity index (χ3v) is 4.87. The average molecular weight is 580 g/mol. The molecule has 1 unspecified atom stereocenters. The lowest BCUT2D eigenvalue weighted by Crippen LogP contribution is -2.54. The zero-order valence-corrected chi connectivity index (χ0v) is 21.8. The minimum atomic E-state index is -6.55. The van der Waals surface area contributed by atoms with Gasteiger partial charge in [0.1, 0.15) is 12.4 Å². The van der Waals surface area contributed by atoms with Crippen molar-refractivity contribution in [1.29, 1.82) is 0 Å². The van der Waals surface area contributed by atoms with Crippen LogP contribution < -0.4 is 4.74 Å². The van der Waals surface area contributed by atoms with Crippen LogP contribution >= 0.6 is 0 Å². The van der Waals surface area contributed by atoms with Crippen LogP contribution in [0.1, 0.15) is 33.3 Å². The van der Waals surface area contributed by atoms with Gasteiger partial charge in [0.05, 0.1) is 19.8 Å². The summed E-state index contributed by atoms with van der Waals surface area (Å²) in [5, 5.41) is 9.17. The lowest BCUT2D eigenvalue weighted by Gasteiger charge is -2.29. The van der Waals surface area contributed by atoms with Crippen LogP contribution in [0.2, 0.25) is 0 Å². The molecule has 0 saturated heterocycles. The summed E-state index contributed by atoms with van der Waals surface area (Å²) in [5.74, 6) is -7.28. The summed E-state index contributed by atoms with van der Waals surface area (Å²) in [6.45, 7) is 4.23. The highest BCUT2D eigenvalue weighted by molar-refractivity contribution is 5.72. The van der Waals surface area contributed by atoms with Gasteiger partial charge in [-0.3, -0.25) is 0 Å². The van der Waals surface area contributed by atoms with E-state index in [-0.39, 0.29) is 38.5 Å². The minimum Gasteiger partial charge on any atom is -0.492 e. The molecule has 0 aliphatic rings. The topological polar surface area (TPSA) is 94.5 Å². The maximum absolute atomic E-state index is 13.4. The van der Waals surface area contributed by atoms with E-state index in [1.165, 1.54) is 12.1 Å². The molecule has 0 aromatic heterocycles. The van der Waals surface area contributed by atoms with Crippen molar-refractivity contribution in [2.45, 2.75) is 58.4 Å². The zero-order valence-electron chi connectivity index (χ0n) is 21.8. The first-order chi connectivity index (χ1) is 17.8. The maximum atomic E-state index is 13.4. The molecular weight excluding hydrogens is 547 g/mol. The summed E-state index contributed by atoms with van der Waals surface area (Å²) in [5.41, 5.74) is 0.143. The molecule has 1 amide bonds. The molecular formula is C24H32F7NO7. The molecule has 0 aliphatic carbocycles. The largest absolute Gasteiger partial charge is 0.492 e. The Kier molecular flexibility index (Phi) is 12.3. The predicted octanol–water partition coefficient (Wildman–Crippen LogP) is 5.39. The van der Waals surface area contributed by atoms with E-state index < -0.39 is 54.9 Å². The molecule has 1 aromatic carbocycles. The molecule has 1 aromatic rings. The summed E-state index contributed by atoms with van der Waals surface area (Å²) in [6.07, 6.45) is -14.4. The van der Waals surface area contributed by atoms with Crippen molar-refractivity contribution >= 4 is 12.1 Å². The number of rotatable bonds is 15. The fourth-order valence-electron chi connectivity index (χ4n) is 2.83. The van der Waals surface area contributed by atoms with Crippen molar-refractivity contribution < 1.29 is 64.4 Å². The van der Waals surface area contributed by atoms with Crippen LogP contribution in [0.3, 0.4) is 0 Å². The molecule has 8 nitrogen and oxygen atoms in total. The lowest BCUT2D eigenvalue weighted by atomic mass is 9.99. The number of carboxylic acid groups (broad SMARTS) is 1. The van der Waals surface area contributed by atoms with Crippen LogP contribution in [0.5, 0.6) is 5.75 Å². The van der Waals surface area contributed by atoms with Crippen molar-refractivity contribution in [1.82, 2.24) is 4.90 Å². The van der Waals surface area contributed by atoms with Gasteiger partial charge >= 0.3 is 30.3 Å². The fraction of sp³-hybridized carbons (Fsp3) is 0.667. The molecule has 0 radical (unpaired) electrons. The highest BCUT2D eigenvalue weighted by atomic mass is 19.4. The number of benzene rings is 1. The van der Waals surface area contributed by atoms with E-state index in [0.717, 1.165) is 4.90 Å². The van der Waals surface area contributed by atoms with Crippen LogP contribution in [0.4, 0.5) is 35.5 Å². The first-order valence-corrected chi connectivity index (χ1v) is 11.7. The van der Waals surface area contributed by atoms with Crippen molar-refractivity contribution in [2.75, 3.05) is 39.5 Å². The van der Waals surface area contributed by atoms with E-state index in [2.05, 4.69) is 4.74 Å². The van der Waals surface area contributed by atoms with E-state index in [9.17, 15) is 40.3 Å². The number of hydrogen-bond acceptors (Lipinski definition) is 6. The quantitative estimate of drug-likeness (QED) is 0.279. The van der Waals surface area contributed by atoms with Gasteiger partial charge in [0.25, 0.3) is 0 Å². The molecule has 0 fully saturated rings. The minimum absolute atomic E-state index is 0.0921. The summed E-state index contributed by atoms with van der Waals surface area (Å²) in [4.78, 5) is 24.4. The molecule has 1 rings (SSSR count). The molecule has 0 aliphatic heterocycles. The van der Waals surface area contributed by atoms with Crippen LogP contribution in [-0.2, 0) is 25.4 Å². The zero-order chi connectivity index (χ0) is 30.1. The Labute approximate surface area is 220 Å². The number of aliphatic carboxylic acids is 1. The monoisotopic (exact) mass is 579 g/mol. The Hall–Kier alpha value is -2.81. The highest BCUT2D eigenvalue weighted by Crippen LogP contribution is 2.46. The SMILES string of the molecule is CCOC(Cc1ccc(OCCN(CCOC(F)(F)C(F)(F)C(F)(F)F)C(=O)OCC(C)(C)C)cc1)C(=O)O. The Bertz CT molecular complexity index is 919. The summed E-state index contributed by atoms with van der Waals surface area (Å²) < 4.78 is 109. The smallest absolute Gasteiger partial charge is 0.462 e. The number of carbonyl (C=O) groups excluding carboxylic acids is 1. The van der Waals surface area contributed by atoms with E-state index in [1.54, 1.807) is 39.8 Å². The molecule has 0 saturated carbocycles. The summed E-state index contributed by atoms with van der Waals surface area (Å²) in [7, 11) is 0. The van der Waals surface area contributed by atoms with Gasteiger partial charge in [0, 0.05) is 19.6 Å².